The van der Waals surface area contributed by atoms with Gasteiger partial charge in [0.2, 0.25) is 5.91 Å². The van der Waals surface area contributed by atoms with Crippen LogP contribution < -0.4 is 5.32 Å². The van der Waals surface area contributed by atoms with Gasteiger partial charge in [-0.3, -0.25) is 14.7 Å². The van der Waals surface area contributed by atoms with Gasteiger partial charge in [-0.15, -0.1) is 0 Å². The second-order valence-corrected chi connectivity index (χ2v) is 8.02. The van der Waals surface area contributed by atoms with E-state index in [9.17, 15) is 9.59 Å². The summed E-state index contributed by atoms with van der Waals surface area (Å²) in [5.74, 6) is 0.148. The summed E-state index contributed by atoms with van der Waals surface area (Å²) in [7, 11) is 0. The summed E-state index contributed by atoms with van der Waals surface area (Å²) < 4.78 is 5.30. The van der Waals surface area contributed by atoms with E-state index in [0.717, 1.165) is 57.6 Å². The molecule has 1 N–H and O–H groups in total. The lowest BCUT2D eigenvalue weighted by atomic mass is 9.93. The molecule has 0 aliphatic carbocycles. The largest absolute Gasteiger partial charge is 0.447 e. The van der Waals surface area contributed by atoms with Gasteiger partial charge in [-0.2, -0.15) is 0 Å². The molecule has 0 bridgehead atoms. The number of pyridine rings is 1. The molecule has 1 atom stereocenters. The van der Waals surface area contributed by atoms with Gasteiger partial charge in [0.05, 0.1) is 24.3 Å². The van der Waals surface area contributed by atoms with Crippen LogP contribution in [0.1, 0.15) is 45.2 Å². The maximum atomic E-state index is 12.6. The van der Waals surface area contributed by atoms with Gasteiger partial charge in [0.25, 0.3) is 0 Å². The van der Waals surface area contributed by atoms with Crippen LogP contribution in [0.3, 0.4) is 0 Å². The molecule has 0 spiro atoms. The van der Waals surface area contributed by atoms with Crippen molar-refractivity contribution in [2.75, 3.05) is 26.2 Å². The Morgan fingerprint density at radius 2 is 2.00 bits per heavy atom. The van der Waals surface area contributed by atoms with Crippen LogP contribution in [0.4, 0.5) is 4.79 Å². The number of carbonyl (C=O) groups is 2. The molecule has 0 aromatic carbocycles. The lowest BCUT2D eigenvalue weighted by molar-refractivity contribution is -0.127. The molecule has 2 saturated heterocycles. The number of rotatable bonds is 5. The Labute approximate surface area is 167 Å². The first-order valence-corrected chi connectivity index (χ1v) is 10.4. The fourth-order valence-electron chi connectivity index (χ4n) is 4.07. The van der Waals surface area contributed by atoms with E-state index in [1.54, 1.807) is 11.1 Å². The van der Waals surface area contributed by atoms with Gasteiger partial charge >= 0.3 is 6.09 Å². The van der Waals surface area contributed by atoms with Crippen molar-refractivity contribution < 1.29 is 14.3 Å². The maximum absolute atomic E-state index is 12.6. The number of nitrogens with one attached hydrogen (secondary N) is 1. The van der Waals surface area contributed by atoms with Crippen LogP contribution >= 0.6 is 0 Å². The van der Waals surface area contributed by atoms with Crippen LogP contribution in [0.25, 0.3) is 0 Å². The molecule has 0 saturated carbocycles. The van der Waals surface area contributed by atoms with Crippen molar-refractivity contribution in [1.29, 1.82) is 0 Å². The molecule has 0 radical (unpaired) electrons. The third-order valence-electron chi connectivity index (χ3n) is 5.57. The molecule has 2 aliphatic heterocycles. The smallest absolute Gasteiger partial charge is 0.410 e. The Morgan fingerprint density at radius 3 is 2.68 bits per heavy atom. The molecular formula is C21H32N4O3. The van der Waals surface area contributed by atoms with Crippen LogP contribution in [-0.4, -0.2) is 65.1 Å². The van der Waals surface area contributed by atoms with Crippen LogP contribution in [0.15, 0.2) is 24.4 Å². The molecule has 0 unspecified atom stereocenters. The molecule has 2 amide bonds. The summed E-state index contributed by atoms with van der Waals surface area (Å²) in [5.41, 5.74) is 0.879. The molecule has 7 heteroatoms. The third-order valence-corrected chi connectivity index (χ3v) is 5.57. The summed E-state index contributed by atoms with van der Waals surface area (Å²) in [6.45, 7) is 7.51. The van der Waals surface area contributed by atoms with Gasteiger partial charge in [0.1, 0.15) is 0 Å². The van der Waals surface area contributed by atoms with Crippen LogP contribution in [-0.2, 0) is 16.1 Å². The summed E-state index contributed by atoms with van der Waals surface area (Å²) in [6, 6.07) is 6.17. The van der Waals surface area contributed by atoms with Gasteiger partial charge in [0.15, 0.2) is 0 Å². The first kappa shape index (κ1) is 20.6. The predicted octanol–water partition coefficient (Wildman–Crippen LogP) is 2.42. The monoisotopic (exact) mass is 388 g/mol. The SMILES string of the molecule is CC(C)OC(=O)N1CCC(N2CCC[C@H](C(=O)NCc3ccccn3)C2)CC1. The summed E-state index contributed by atoms with van der Waals surface area (Å²) in [4.78, 5) is 33.2. The van der Waals surface area contributed by atoms with E-state index in [4.69, 9.17) is 4.74 Å². The van der Waals surface area contributed by atoms with Crippen molar-refractivity contribution in [3.05, 3.63) is 30.1 Å². The number of carbonyl (C=O) groups excluding carboxylic acids is 2. The number of likely N-dealkylation sites (tertiary alicyclic amines) is 2. The first-order valence-electron chi connectivity index (χ1n) is 10.4. The van der Waals surface area contributed by atoms with E-state index in [0.29, 0.717) is 12.6 Å². The second-order valence-electron chi connectivity index (χ2n) is 8.02. The highest BCUT2D eigenvalue weighted by Crippen LogP contribution is 2.24. The average Bonchev–Trinajstić information content (AvgIpc) is 2.72. The van der Waals surface area contributed by atoms with Gasteiger partial charge < -0.3 is 15.0 Å². The zero-order valence-corrected chi connectivity index (χ0v) is 17.0. The Balaban J connectivity index is 1.44. The van der Waals surface area contributed by atoms with Crippen molar-refractivity contribution in [3.8, 4) is 0 Å². The van der Waals surface area contributed by atoms with E-state index in [-0.39, 0.29) is 24.0 Å². The number of aromatic nitrogens is 1. The van der Waals surface area contributed by atoms with Crippen LogP contribution in [0.2, 0.25) is 0 Å². The molecule has 154 valence electrons. The number of hydrogen-bond acceptors (Lipinski definition) is 5. The summed E-state index contributed by atoms with van der Waals surface area (Å²) in [5, 5.41) is 3.03. The molecule has 3 rings (SSSR count). The van der Waals surface area contributed by atoms with Crippen molar-refractivity contribution in [2.45, 2.75) is 58.2 Å². The lowest BCUT2D eigenvalue weighted by Crippen LogP contribution is -2.51. The second kappa shape index (κ2) is 9.87. The molecule has 1 aromatic heterocycles. The van der Waals surface area contributed by atoms with Gasteiger partial charge in [-0.25, -0.2) is 4.79 Å². The highest BCUT2D eigenvalue weighted by Gasteiger charge is 2.32. The van der Waals surface area contributed by atoms with E-state index in [1.165, 1.54) is 0 Å². The molecule has 2 aliphatic rings. The van der Waals surface area contributed by atoms with Crippen LogP contribution in [0, 0.1) is 5.92 Å². The number of ether oxygens (including phenoxy) is 1. The minimum Gasteiger partial charge on any atom is -0.447 e. The van der Waals surface area contributed by atoms with Crippen molar-refractivity contribution in [3.63, 3.8) is 0 Å². The number of piperidine rings is 2. The average molecular weight is 389 g/mol. The highest BCUT2D eigenvalue weighted by atomic mass is 16.6. The normalized spacial score (nSPS) is 21.5. The van der Waals surface area contributed by atoms with E-state index >= 15 is 0 Å². The molecule has 7 nitrogen and oxygen atoms in total. The van der Waals surface area contributed by atoms with Gasteiger partial charge in [-0.1, -0.05) is 6.07 Å². The van der Waals surface area contributed by atoms with Crippen molar-refractivity contribution in [2.24, 2.45) is 5.92 Å². The number of amides is 2. The number of hydrogen-bond donors (Lipinski definition) is 1. The van der Waals surface area contributed by atoms with Crippen molar-refractivity contribution >= 4 is 12.0 Å². The minimum atomic E-state index is -0.209. The quantitative estimate of drug-likeness (QED) is 0.838. The Bertz CT molecular complexity index is 644. The zero-order valence-electron chi connectivity index (χ0n) is 17.0. The first-order chi connectivity index (χ1) is 13.5. The van der Waals surface area contributed by atoms with Crippen LogP contribution in [0.5, 0.6) is 0 Å². The fourth-order valence-corrected chi connectivity index (χ4v) is 4.07. The lowest BCUT2D eigenvalue weighted by Gasteiger charge is -2.41. The Hall–Kier alpha value is -2.15. The molecular weight excluding hydrogens is 356 g/mol. The standard InChI is InChI=1S/C21H32N4O3/c1-16(2)28-21(27)24-12-8-19(9-13-24)25-11-5-6-17(15-25)20(26)23-14-18-7-3-4-10-22-18/h3-4,7,10,16-17,19H,5-6,8-9,11-15H2,1-2H3,(H,23,26)/t17-/m0/s1. The summed E-state index contributed by atoms with van der Waals surface area (Å²) >= 11 is 0. The van der Waals surface area contributed by atoms with Gasteiger partial charge in [-0.05, 0) is 58.2 Å². The topological polar surface area (TPSA) is 74.8 Å². The van der Waals surface area contributed by atoms with E-state index in [1.807, 2.05) is 32.0 Å². The van der Waals surface area contributed by atoms with E-state index in [2.05, 4.69) is 15.2 Å². The van der Waals surface area contributed by atoms with E-state index < -0.39 is 0 Å². The minimum absolute atomic E-state index is 0.0291. The van der Waals surface area contributed by atoms with Gasteiger partial charge in [0, 0.05) is 31.9 Å². The zero-order chi connectivity index (χ0) is 19.9. The molecule has 28 heavy (non-hydrogen) atoms. The summed E-state index contributed by atoms with van der Waals surface area (Å²) in [6.07, 6.45) is 5.30. The number of nitrogens with zero attached hydrogens (tertiary/aromatic N) is 3. The third kappa shape index (κ3) is 5.67. The maximum Gasteiger partial charge on any atom is 0.410 e. The molecule has 3 heterocycles. The fraction of sp³-hybridized carbons (Fsp3) is 0.667. The Kier molecular flexibility index (Phi) is 7.25. The predicted molar refractivity (Wildman–Crippen MR) is 107 cm³/mol. The Morgan fingerprint density at radius 1 is 1.21 bits per heavy atom. The van der Waals surface area contributed by atoms with Crippen molar-refractivity contribution in [1.82, 2.24) is 20.1 Å². The molecule has 2 fully saturated rings. The molecule has 1 aromatic rings. The highest BCUT2D eigenvalue weighted by molar-refractivity contribution is 5.78.